The van der Waals surface area contributed by atoms with E-state index in [1.807, 2.05) is 23.1 Å². The summed E-state index contributed by atoms with van der Waals surface area (Å²) in [4.78, 5) is 30.6. The lowest BCUT2D eigenvalue weighted by Gasteiger charge is -2.32. The number of aromatic nitrogens is 1. The standard InChI is InChI=1S/C21H31N3O3/c25-20(23-16-19-5-3-15-27-19)8-6-17-10-13-24(14-11-17)21(26)9-7-18-4-1-2-12-22-18/h1-2,4,12,17,19H,3,5-11,13-16H2,(H,23,25)/t19-/m1/s1. The Balaban J connectivity index is 1.28. The zero-order valence-corrected chi connectivity index (χ0v) is 16.1. The van der Waals surface area contributed by atoms with Crippen molar-refractivity contribution in [2.75, 3.05) is 26.2 Å². The molecule has 0 aromatic carbocycles. The number of ether oxygens (including phenoxy) is 1. The number of carbonyl (C=O) groups is 2. The van der Waals surface area contributed by atoms with Crippen LogP contribution in [0.25, 0.3) is 0 Å². The number of nitrogens with one attached hydrogen (secondary N) is 1. The maximum Gasteiger partial charge on any atom is 0.222 e. The highest BCUT2D eigenvalue weighted by molar-refractivity contribution is 5.76. The smallest absolute Gasteiger partial charge is 0.222 e. The summed E-state index contributed by atoms with van der Waals surface area (Å²) in [6, 6.07) is 5.80. The van der Waals surface area contributed by atoms with Crippen molar-refractivity contribution < 1.29 is 14.3 Å². The highest BCUT2D eigenvalue weighted by Crippen LogP contribution is 2.22. The summed E-state index contributed by atoms with van der Waals surface area (Å²) >= 11 is 0. The van der Waals surface area contributed by atoms with E-state index in [1.165, 1.54) is 0 Å². The fourth-order valence-electron chi connectivity index (χ4n) is 3.87. The molecule has 2 aliphatic heterocycles. The normalized spacial score (nSPS) is 20.6. The van der Waals surface area contributed by atoms with E-state index in [-0.39, 0.29) is 17.9 Å². The number of hydrogen-bond acceptors (Lipinski definition) is 4. The van der Waals surface area contributed by atoms with E-state index in [2.05, 4.69) is 10.3 Å². The molecule has 0 unspecified atom stereocenters. The molecule has 6 heteroatoms. The average Bonchev–Trinajstić information content (AvgIpc) is 3.24. The molecule has 1 N–H and O–H groups in total. The molecule has 1 aromatic rings. The topological polar surface area (TPSA) is 71.5 Å². The van der Waals surface area contributed by atoms with Gasteiger partial charge in [-0.2, -0.15) is 0 Å². The maximum absolute atomic E-state index is 12.4. The van der Waals surface area contributed by atoms with Crippen molar-refractivity contribution in [3.8, 4) is 0 Å². The number of aryl methyl sites for hydroxylation is 1. The third-order valence-corrected chi connectivity index (χ3v) is 5.62. The summed E-state index contributed by atoms with van der Waals surface area (Å²) in [5.41, 5.74) is 0.967. The second kappa shape index (κ2) is 10.4. The first-order valence-corrected chi connectivity index (χ1v) is 10.3. The van der Waals surface area contributed by atoms with Gasteiger partial charge < -0.3 is 15.0 Å². The highest BCUT2D eigenvalue weighted by Gasteiger charge is 2.23. The van der Waals surface area contributed by atoms with Gasteiger partial charge >= 0.3 is 0 Å². The van der Waals surface area contributed by atoms with Crippen LogP contribution in [0.4, 0.5) is 0 Å². The summed E-state index contributed by atoms with van der Waals surface area (Å²) in [5, 5.41) is 2.99. The molecular formula is C21H31N3O3. The van der Waals surface area contributed by atoms with Gasteiger partial charge in [-0.05, 0) is 56.6 Å². The Morgan fingerprint density at radius 3 is 2.74 bits per heavy atom. The van der Waals surface area contributed by atoms with Gasteiger partial charge in [-0.25, -0.2) is 0 Å². The van der Waals surface area contributed by atoms with Crippen molar-refractivity contribution in [2.45, 2.75) is 57.5 Å². The second-order valence-corrected chi connectivity index (χ2v) is 7.62. The van der Waals surface area contributed by atoms with Gasteiger partial charge in [0.15, 0.2) is 0 Å². The molecule has 3 heterocycles. The molecule has 0 aliphatic carbocycles. The quantitative estimate of drug-likeness (QED) is 0.759. The largest absolute Gasteiger partial charge is 0.376 e. The Hall–Kier alpha value is -1.95. The van der Waals surface area contributed by atoms with Gasteiger partial charge in [-0.1, -0.05) is 6.07 Å². The van der Waals surface area contributed by atoms with E-state index >= 15 is 0 Å². The summed E-state index contributed by atoms with van der Waals surface area (Å²) in [6.45, 7) is 3.08. The van der Waals surface area contributed by atoms with Crippen molar-refractivity contribution in [2.24, 2.45) is 5.92 Å². The molecule has 3 rings (SSSR count). The van der Waals surface area contributed by atoms with Crippen LogP contribution in [0.2, 0.25) is 0 Å². The monoisotopic (exact) mass is 373 g/mol. The first kappa shape index (κ1) is 19.8. The number of rotatable bonds is 8. The summed E-state index contributed by atoms with van der Waals surface area (Å²) in [5.74, 6) is 0.881. The number of nitrogens with zero attached hydrogens (tertiary/aromatic N) is 2. The molecule has 2 amide bonds. The van der Waals surface area contributed by atoms with Crippen LogP contribution in [-0.2, 0) is 20.7 Å². The number of amides is 2. The first-order chi connectivity index (χ1) is 13.2. The molecule has 2 fully saturated rings. The molecule has 0 saturated carbocycles. The molecular weight excluding hydrogens is 342 g/mol. The minimum atomic E-state index is 0.124. The molecule has 0 bridgehead atoms. The average molecular weight is 373 g/mol. The summed E-state index contributed by atoms with van der Waals surface area (Å²) < 4.78 is 5.52. The van der Waals surface area contributed by atoms with Crippen LogP contribution >= 0.6 is 0 Å². The summed E-state index contributed by atoms with van der Waals surface area (Å²) in [6.07, 6.45) is 8.81. The van der Waals surface area contributed by atoms with Gasteiger partial charge in [0.2, 0.25) is 11.8 Å². The molecule has 0 radical (unpaired) electrons. The lowest BCUT2D eigenvalue weighted by Crippen LogP contribution is -2.39. The summed E-state index contributed by atoms with van der Waals surface area (Å²) in [7, 11) is 0. The molecule has 1 atom stereocenters. The number of likely N-dealkylation sites (tertiary alicyclic amines) is 1. The van der Waals surface area contributed by atoms with E-state index in [0.717, 1.165) is 57.5 Å². The Morgan fingerprint density at radius 2 is 2.04 bits per heavy atom. The fourth-order valence-corrected chi connectivity index (χ4v) is 3.87. The Kier molecular flexibility index (Phi) is 7.63. The van der Waals surface area contributed by atoms with Gasteiger partial charge in [0.25, 0.3) is 0 Å². The minimum absolute atomic E-state index is 0.124. The third-order valence-electron chi connectivity index (χ3n) is 5.62. The number of pyridine rings is 1. The predicted molar refractivity (Wildman–Crippen MR) is 103 cm³/mol. The first-order valence-electron chi connectivity index (χ1n) is 10.3. The Bertz CT molecular complexity index is 594. The Labute approximate surface area is 161 Å². The van der Waals surface area contributed by atoms with Gasteiger partial charge in [-0.15, -0.1) is 0 Å². The van der Waals surface area contributed by atoms with Crippen LogP contribution in [0, 0.1) is 5.92 Å². The molecule has 2 saturated heterocycles. The van der Waals surface area contributed by atoms with Crippen LogP contribution in [0.3, 0.4) is 0 Å². The lowest BCUT2D eigenvalue weighted by atomic mass is 9.92. The van der Waals surface area contributed by atoms with E-state index in [4.69, 9.17) is 4.74 Å². The van der Waals surface area contributed by atoms with Gasteiger partial charge in [0.05, 0.1) is 6.10 Å². The van der Waals surface area contributed by atoms with Crippen LogP contribution in [0.5, 0.6) is 0 Å². The second-order valence-electron chi connectivity index (χ2n) is 7.62. The zero-order valence-electron chi connectivity index (χ0n) is 16.1. The molecule has 6 nitrogen and oxygen atoms in total. The van der Waals surface area contributed by atoms with Crippen molar-refractivity contribution in [3.63, 3.8) is 0 Å². The fraction of sp³-hybridized carbons (Fsp3) is 0.667. The number of hydrogen-bond donors (Lipinski definition) is 1. The van der Waals surface area contributed by atoms with E-state index < -0.39 is 0 Å². The van der Waals surface area contributed by atoms with E-state index in [0.29, 0.717) is 31.7 Å². The maximum atomic E-state index is 12.4. The van der Waals surface area contributed by atoms with Gasteiger partial charge in [0.1, 0.15) is 0 Å². The van der Waals surface area contributed by atoms with Crippen LogP contribution in [0.15, 0.2) is 24.4 Å². The molecule has 1 aromatic heterocycles. The molecule has 0 spiro atoms. The van der Waals surface area contributed by atoms with Crippen LogP contribution in [0.1, 0.15) is 50.6 Å². The predicted octanol–water partition coefficient (Wildman–Crippen LogP) is 2.33. The minimum Gasteiger partial charge on any atom is -0.376 e. The number of piperidine rings is 1. The zero-order chi connectivity index (χ0) is 18.9. The molecule has 27 heavy (non-hydrogen) atoms. The van der Waals surface area contributed by atoms with Crippen molar-refractivity contribution >= 4 is 11.8 Å². The van der Waals surface area contributed by atoms with Crippen molar-refractivity contribution in [1.82, 2.24) is 15.2 Å². The van der Waals surface area contributed by atoms with E-state index in [9.17, 15) is 9.59 Å². The van der Waals surface area contributed by atoms with Gasteiger partial charge in [0, 0.05) is 51.0 Å². The Morgan fingerprint density at radius 1 is 1.19 bits per heavy atom. The highest BCUT2D eigenvalue weighted by atomic mass is 16.5. The van der Waals surface area contributed by atoms with Crippen LogP contribution in [-0.4, -0.2) is 54.0 Å². The lowest BCUT2D eigenvalue weighted by molar-refractivity contribution is -0.132. The van der Waals surface area contributed by atoms with Crippen LogP contribution < -0.4 is 5.32 Å². The third kappa shape index (κ3) is 6.61. The molecule has 2 aliphatic rings. The van der Waals surface area contributed by atoms with Crippen molar-refractivity contribution in [3.05, 3.63) is 30.1 Å². The SMILES string of the molecule is O=C(CCC1CCN(C(=O)CCc2ccccn2)CC1)NC[C@H]1CCCO1. The van der Waals surface area contributed by atoms with E-state index in [1.54, 1.807) is 6.20 Å². The van der Waals surface area contributed by atoms with Crippen molar-refractivity contribution in [1.29, 1.82) is 0 Å². The van der Waals surface area contributed by atoms with Gasteiger partial charge in [-0.3, -0.25) is 14.6 Å². The molecule has 148 valence electrons. The number of carbonyl (C=O) groups excluding carboxylic acids is 2.